The molecule has 1 atom stereocenters. The van der Waals surface area contributed by atoms with Crippen LogP contribution in [0, 0.1) is 0 Å². The number of hydrogen-bond acceptors (Lipinski definition) is 6. The second-order valence-corrected chi connectivity index (χ2v) is 7.56. The van der Waals surface area contributed by atoms with Gasteiger partial charge in [-0.1, -0.05) is 23.9 Å². The van der Waals surface area contributed by atoms with Crippen molar-refractivity contribution in [1.29, 1.82) is 0 Å². The maximum absolute atomic E-state index is 5.81. The van der Waals surface area contributed by atoms with Gasteiger partial charge in [0.1, 0.15) is 11.5 Å². The van der Waals surface area contributed by atoms with Gasteiger partial charge < -0.3 is 9.47 Å². The highest BCUT2D eigenvalue weighted by Gasteiger charge is 2.27. The number of thioether (sulfide) groups is 1. The number of ether oxygens (including phenoxy) is 2. The predicted molar refractivity (Wildman–Crippen MR) is 111 cm³/mol. The average Bonchev–Trinajstić information content (AvgIpc) is 3.12. The minimum Gasteiger partial charge on any atom is -0.494 e. The first kappa shape index (κ1) is 18.6. The van der Waals surface area contributed by atoms with Gasteiger partial charge >= 0.3 is 0 Å². The lowest BCUT2D eigenvalue weighted by Crippen LogP contribution is -2.22. The highest BCUT2D eigenvalue weighted by Crippen LogP contribution is 2.35. The first-order chi connectivity index (χ1) is 13.7. The SMILES string of the molecule is CCOc1ccc(-c2nnc3n2N=C(c2ccccc2OCC)[C@@H](C)S3)cc1. The first-order valence-electron chi connectivity index (χ1n) is 9.37. The van der Waals surface area contributed by atoms with E-state index in [0.29, 0.717) is 19.0 Å². The van der Waals surface area contributed by atoms with Gasteiger partial charge in [-0.2, -0.15) is 9.78 Å². The summed E-state index contributed by atoms with van der Waals surface area (Å²) in [6.07, 6.45) is 0. The summed E-state index contributed by atoms with van der Waals surface area (Å²) in [4.78, 5) is 0. The van der Waals surface area contributed by atoms with Crippen molar-refractivity contribution in [2.24, 2.45) is 5.10 Å². The summed E-state index contributed by atoms with van der Waals surface area (Å²) >= 11 is 1.65. The van der Waals surface area contributed by atoms with Crippen LogP contribution in [-0.2, 0) is 0 Å². The molecule has 0 saturated heterocycles. The molecule has 2 heterocycles. The molecule has 144 valence electrons. The van der Waals surface area contributed by atoms with Gasteiger partial charge in [0.2, 0.25) is 5.16 Å². The molecule has 0 N–H and O–H groups in total. The number of fused-ring (bicyclic) bond motifs is 1. The van der Waals surface area contributed by atoms with E-state index in [1.165, 1.54) is 0 Å². The highest BCUT2D eigenvalue weighted by molar-refractivity contribution is 8.00. The Labute approximate surface area is 168 Å². The van der Waals surface area contributed by atoms with Crippen LogP contribution in [0.1, 0.15) is 26.3 Å². The van der Waals surface area contributed by atoms with Gasteiger partial charge in [0.15, 0.2) is 5.82 Å². The molecule has 0 aliphatic carbocycles. The van der Waals surface area contributed by atoms with Crippen LogP contribution >= 0.6 is 11.8 Å². The molecule has 2 aromatic carbocycles. The molecule has 0 unspecified atom stereocenters. The lowest BCUT2D eigenvalue weighted by molar-refractivity contribution is 0.339. The number of benzene rings is 2. The molecule has 1 aliphatic rings. The Morgan fingerprint density at radius 2 is 1.71 bits per heavy atom. The zero-order valence-electron chi connectivity index (χ0n) is 16.1. The second-order valence-electron chi connectivity index (χ2n) is 6.25. The van der Waals surface area contributed by atoms with E-state index < -0.39 is 0 Å². The fourth-order valence-electron chi connectivity index (χ4n) is 3.11. The van der Waals surface area contributed by atoms with Gasteiger partial charge in [0.25, 0.3) is 0 Å². The topological polar surface area (TPSA) is 61.5 Å². The van der Waals surface area contributed by atoms with Crippen LogP contribution in [0.5, 0.6) is 11.5 Å². The fourth-order valence-corrected chi connectivity index (χ4v) is 4.03. The molecule has 3 aromatic rings. The van der Waals surface area contributed by atoms with Crippen molar-refractivity contribution in [3.8, 4) is 22.9 Å². The lowest BCUT2D eigenvalue weighted by atomic mass is 10.1. The van der Waals surface area contributed by atoms with Gasteiger partial charge in [0, 0.05) is 11.1 Å². The molecule has 4 rings (SSSR count). The average molecular weight is 395 g/mol. The Morgan fingerprint density at radius 1 is 0.964 bits per heavy atom. The van der Waals surface area contributed by atoms with Crippen LogP contribution in [0.3, 0.4) is 0 Å². The fraction of sp³-hybridized carbons (Fsp3) is 0.286. The van der Waals surface area contributed by atoms with E-state index in [1.807, 2.05) is 67.1 Å². The van der Waals surface area contributed by atoms with Crippen molar-refractivity contribution in [3.05, 3.63) is 54.1 Å². The summed E-state index contributed by atoms with van der Waals surface area (Å²) in [7, 11) is 0. The summed E-state index contributed by atoms with van der Waals surface area (Å²) in [5.74, 6) is 2.39. The third-order valence-electron chi connectivity index (χ3n) is 4.37. The number of nitrogens with zero attached hydrogens (tertiary/aromatic N) is 4. The second kappa shape index (κ2) is 8.06. The Bertz CT molecular complexity index is 998. The Morgan fingerprint density at radius 3 is 2.46 bits per heavy atom. The van der Waals surface area contributed by atoms with Crippen LogP contribution in [0.25, 0.3) is 11.4 Å². The van der Waals surface area contributed by atoms with Crippen LogP contribution < -0.4 is 9.47 Å². The standard InChI is InChI=1S/C21H22N4O2S/c1-4-26-16-12-10-15(11-13-16)20-22-23-21-25(20)24-19(14(3)28-21)17-8-6-7-9-18(17)27-5-2/h6-14H,4-5H2,1-3H3/t14-/m1/s1. The van der Waals surface area contributed by atoms with Crippen LogP contribution in [0.4, 0.5) is 0 Å². The Balaban J connectivity index is 1.75. The van der Waals surface area contributed by atoms with Crippen LogP contribution in [0.2, 0.25) is 0 Å². The third-order valence-corrected chi connectivity index (χ3v) is 5.42. The molecular formula is C21H22N4O2S. The largest absolute Gasteiger partial charge is 0.494 e. The van der Waals surface area contributed by atoms with Gasteiger partial charge in [-0.05, 0) is 57.2 Å². The Hall–Kier alpha value is -2.80. The Kier molecular flexibility index (Phi) is 5.34. The summed E-state index contributed by atoms with van der Waals surface area (Å²) < 4.78 is 13.2. The van der Waals surface area contributed by atoms with Gasteiger partial charge in [0.05, 0.1) is 24.2 Å². The molecule has 0 spiro atoms. The zero-order valence-corrected chi connectivity index (χ0v) is 16.9. The molecule has 0 radical (unpaired) electrons. The molecule has 6 nitrogen and oxygen atoms in total. The van der Waals surface area contributed by atoms with Crippen LogP contribution in [-0.4, -0.2) is 39.0 Å². The summed E-state index contributed by atoms with van der Waals surface area (Å²) in [5, 5.41) is 14.6. The molecule has 0 saturated carbocycles. The van der Waals surface area contributed by atoms with Crippen molar-refractivity contribution in [3.63, 3.8) is 0 Å². The number of aromatic nitrogens is 3. The first-order valence-corrected chi connectivity index (χ1v) is 10.3. The zero-order chi connectivity index (χ0) is 19.5. The molecule has 1 aliphatic heterocycles. The minimum atomic E-state index is 0.145. The highest BCUT2D eigenvalue weighted by atomic mass is 32.2. The van der Waals surface area contributed by atoms with Crippen molar-refractivity contribution < 1.29 is 9.47 Å². The van der Waals surface area contributed by atoms with E-state index in [1.54, 1.807) is 11.8 Å². The number of hydrogen-bond donors (Lipinski definition) is 0. The normalized spacial score (nSPS) is 15.7. The molecule has 1 aromatic heterocycles. The van der Waals surface area contributed by atoms with Gasteiger partial charge in [-0.3, -0.25) is 0 Å². The summed E-state index contributed by atoms with van der Waals surface area (Å²) in [6.45, 7) is 7.33. The van der Waals surface area contributed by atoms with E-state index >= 15 is 0 Å². The van der Waals surface area contributed by atoms with E-state index in [0.717, 1.165) is 33.5 Å². The number of para-hydroxylation sites is 1. The van der Waals surface area contributed by atoms with Crippen LogP contribution in [0.15, 0.2) is 58.8 Å². The van der Waals surface area contributed by atoms with Gasteiger partial charge in [-0.25, -0.2) is 0 Å². The third kappa shape index (κ3) is 3.49. The molecule has 0 bridgehead atoms. The maximum Gasteiger partial charge on any atom is 0.213 e. The maximum atomic E-state index is 5.81. The van der Waals surface area contributed by atoms with Crippen molar-refractivity contribution in [1.82, 2.24) is 14.9 Å². The molecular weight excluding hydrogens is 372 g/mol. The molecule has 0 amide bonds. The monoisotopic (exact) mass is 394 g/mol. The van der Waals surface area contributed by atoms with E-state index in [4.69, 9.17) is 14.6 Å². The van der Waals surface area contributed by atoms with Gasteiger partial charge in [-0.15, -0.1) is 10.2 Å². The summed E-state index contributed by atoms with van der Waals surface area (Å²) in [5.41, 5.74) is 2.90. The summed E-state index contributed by atoms with van der Waals surface area (Å²) in [6, 6.07) is 15.9. The smallest absolute Gasteiger partial charge is 0.213 e. The van der Waals surface area contributed by atoms with E-state index in [-0.39, 0.29) is 5.25 Å². The van der Waals surface area contributed by atoms with Crippen molar-refractivity contribution in [2.45, 2.75) is 31.2 Å². The van der Waals surface area contributed by atoms with Crippen molar-refractivity contribution in [2.75, 3.05) is 13.2 Å². The minimum absolute atomic E-state index is 0.145. The predicted octanol–water partition coefficient (Wildman–Crippen LogP) is 4.49. The quantitative estimate of drug-likeness (QED) is 0.616. The van der Waals surface area contributed by atoms with Crippen molar-refractivity contribution >= 4 is 17.5 Å². The lowest BCUT2D eigenvalue weighted by Gasteiger charge is -2.21. The number of rotatable bonds is 6. The van der Waals surface area contributed by atoms with E-state index in [9.17, 15) is 0 Å². The molecule has 7 heteroatoms. The molecule has 0 fully saturated rings. The van der Waals surface area contributed by atoms with E-state index in [2.05, 4.69) is 17.1 Å². The molecule has 28 heavy (non-hydrogen) atoms.